The van der Waals surface area contributed by atoms with Gasteiger partial charge in [-0.15, -0.1) is 10.2 Å². The van der Waals surface area contributed by atoms with E-state index < -0.39 is 0 Å². The first kappa shape index (κ1) is 13.7. The Morgan fingerprint density at radius 3 is 2.68 bits per heavy atom. The van der Waals surface area contributed by atoms with Gasteiger partial charge >= 0.3 is 0 Å². The Bertz CT molecular complexity index is 772. The molecule has 0 atom stereocenters. The average Bonchev–Trinajstić information content (AvgIpc) is 3.05. The van der Waals surface area contributed by atoms with Gasteiger partial charge in [-0.05, 0) is 12.1 Å². The van der Waals surface area contributed by atoms with Crippen LogP contribution >= 0.6 is 0 Å². The molecule has 0 aliphatic rings. The first-order valence-electron chi connectivity index (χ1n) is 6.79. The first-order valence-corrected chi connectivity index (χ1v) is 6.79. The van der Waals surface area contributed by atoms with E-state index in [0.717, 1.165) is 11.4 Å². The summed E-state index contributed by atoms with van der Waals surface area (Å²) >= 11 is 0. The largest absolute Gasteiger partial charge is 0.368 e. The van der Waals surface area contributed by atoms with Crippen molar-refractivity contribution < 1.29 is 0 Å². The van der Waals surface area contributed by atoms with Gasteiger partial charge < -0.3 is 5.32 Å². The van der Waals surface area contributed by atoms with Gasteiger partial charge in [-0.2, -0.15) is 10.4 Å². The number of rotatable bonds is 5. The van der Waals surface area contributed by atoms with Crippen LogP contribution in [0.4, 0.5) is 5.82 Å². The molecule has 0 saturated carbocycles. The minimum atomic E-state index is 0.299. The maximum atomic E-state index is 8.66. The van der Waals surface area contributed by atoms with Gasteiger partial charge in [-0.25, -0.2) is 4.98 Å². The van der Waals surface area contributed by atoms with E-state index in [9.17, 15) is 0 Å². The number of hydrogen-bond donors (Lipinski definition) is 2. The minimum absolute atomic E-state index is 0.299. The third-order valence-electron chi connectivity index (χ3n) is 3.01. The lowest BCUT2D eigenvalue weighted by atomic mass is 10.2. The van der Waals surface area contributed by atoms with Crippen LogP contribution in [0.1, 0.15) is 11.5 Å². The van der Waals surface area contributed by atoms with Crippen LogP contribution in [0.3, 0.4) is 0 Å². The van der Waals surface area contributed by atoms with Crippen molar-refractivity contribution in [1.82, 2.24) is 25.4 Å². The standard InChI is InChI=1S/C15H13N7/c16-10-12-6-7-13(20-19-12)17-9-8-14-18-15(22-21-14)11-4-2-1-3-5-11/h1-7H,8-9H2,(H,17,20)(H,18,21,22). The van der Waals surface area contributed by atoms with E-state index in [1.807, 2.05) is 36.4 Å². The van der Waals surface area contributed by atoms with Crippen LogP contribution in [-0.2, 0) is 6.42 Å². The second-order valence-electron chi connectivity index (χ2n) is 4.56. The molecule has 108 valence electrons. The molecule has 0 spiro atoms. The summed E-state index contributed by atoms with van der Waals surface area (Å²) in [5, 5.41) is 26.6. The highest BCUT2D eigenvalue weighted by Crippen LogP contribution is 2.13. The van der Waals surface area contributed by atoms with E-state index in [0.29, 0.717) is 30.3 Å². The van der Waals surface area contributed by atoms with Gasteiger partial charge in [-0.3, -0.25) is 5.10 Å². The van der Waals surface area contributed by atoms with Crippen LogP contribution in [0, 0.1) is 11.3 Å². The van der Waals surface area contributed by atoms with Gasteiger partial charge in [0.1, 0.15) is 17.7 Å². The highest BCUT2D eigenvalue weighted by atomic mass is 15.2. The molecule has 1 aromatic carbocycles. The van der Waals surface area contributed by atoms with Gasteiger partial charge in [0, 0.05) is 18.5 Å². The number of anilines is 1. The van der Waals surface area contributed by atoms with E-state index in [-0.39, 0.29) is 0 Å². The molecule has 0 bridgehead atoms. The number of nitrogens with zero attached hydrogens (tertiary/aromatic N) is 5. The molecular weight excluding hydrogens is 278 g/mol. The highest BCUT2D eigenvalue weighted by molar-refractivity contribution is 5.53. The summed E-state index contributed by atoms with van der Waals surface area (Å²) in [6.07, 6.45) is 0.682. The van der Waals surface area contributed by atoms with Crippen molar-refractivity contribution in [3.63, 3.8) is 0 Å². The van der Waals surface area contributed by atoms with Crippen LogP contribution in [0.25, 0.3) is 11.4 Å². The lowest BCUT2D eigenvalue weighted by Gasteiger charge is -2.02. The molecule has 0 radical (unpaired) electrons. The van der Waals surface area contributed by atoms with E-state index in [1.54, 1.807) is 12.1 Å². The summed E-state index contributed by atoms with van der Waals surface area (Å²) in [5.41, 5.74) is 1.28. The molecule has 0 amide bonds. The van der Waals surface area contributed by atoms with E-state index in [2.05, 4.69) is 30.7 Å². The maximum absolute atomic E-state index is 8.66. The topological polar surface area (TPSA) is 103 Å². The quantitative estimate of drug-likeness (QED) is 0.742. The average molecular weight is 291 g/mol. The van der Waals surface area contributed by atoms with Crippen LogP contribution in [-0.4, -0.2) is 31.9 Å². The van der Waals surface area contributed by atoms with Gasteiger partial charge in [0.25, 0.3) is 0 Å². The normalized spacial score (nSPS) is 10.1. The number of H-pyrrole nitrogens is 1. The SMILES string of the molecule is N#Cc1ccc(NCCc2nc(-c3ccccc3)n[nH]2)nn1. The Hall–Kier alpha value is -3.27. The van der Waals surface area contributed by atoms with Crippen molar-refractivity contribution in [3.8, 4) is 17.5 Å². The summed E-state index contributed by atoms with van der Waals surface area (Å²) in [6.45, 7) is 0.643. The first-order chi connectivity index (χ1) is 10.8. The summed E-state index contributed by atoms with van der Waals surface area (Å²) < 4.78 is 0. The fourth-order valence-corrected chi connectivity index (χ4v) is 1.92. The van der Waals surface area contributed by atoms with Gasteiger partial charge in [0.15, 0.2) is 11.5 Å². The van der Waals surface area contributed by atoms with Crippen LogP contribution < -0.4 is 5.32 Å². The minimum Gasteiger partial charge on any atom is -0.368 e. The number of nitrogens with one attached hydrogen (secondary N) is 2. The molecule has 0 unspecified atom stereocenters. The fourth-order valence-electron chi connectivity index (χ4n) is 1.92. The Labute approximate surface area is 127 Å². The molecule has 22 heavy (non-hydrogen) atoms. The second-order valence-corrected chi connectivity index (χ2v) is 4.56. The molecule has 3 aromatic rings. The zero-order valence-electron chi connectivity index (χ0n) is 11.7. The lowest BCUT2D eigenvalue weighted by molar-refractivity contribution is 0.888. The molecule has 3 rings (SSSR count). The van der Waals surface area contributed by atoms with Crippen molar-refractivity contribution >= 4 is 5.82 Å². The predicted molar refractivity (Wildman–Crippen MR) is 80.8 cm³/mol. The maximum Gasteiger partial charge on any atom is 0.181 e. The molecule has 2 N–H and O–H groups in total. The van der Waals surface area contributed by atoms with Crippen molar-refractivity contribution in [2.75, 3.05) is 11.9 Å². The molecule has 0 aliphatic heterocycles. The lowest BCUT2D eigenvalue weighted by Crippen LogP contribution is -2.08. The predicted octanol–water partition coefficient (Wildman–Crippen LogP) is 1.79. The van der Waals surface area contributed by atoms with Gasteiger partial charge in [0.05, 0.1) is 0 Å². The van der Waals surface area contributed by atoms with E-state index >= 15 is 0 Å². The number of aromatic amines is 1. The summed E-state index contributed by atoms with van der Waals surface area (Å²) in [5.74, 6) is 2.11. The fraction of sp³-hybridized carbons (Fsp3) is 0.133. The van der Waals surface area contributed by atoms with E-state index in [1.165, 1.54) is 0 Å². The Kier molecular flexibility index (Phi) is 4.02. The zero-order valence-corrected chi connectivity index (χ0v) is 11.7. The van der Waals surface area contributed by atoms with Crippen LogP contribution in [0.2, 0.25) is 0 Å². The molecule has 2 heterocycles. The Balaban J connectivity index is 1.56. The molecule has 0 saturated heterocycles. The van der Waals surface area contributed by atoms with Crippen molar-refractivity contribution in [1.29, 1.82) is 5.26 Å². The summed E-state index contributed by atoms with van der Waals surface area (Å²) in [4.78, 5) is 4.45. The Morgan fingerprint density at radius 1 is 1.09 bits per heavy atom. The molecule has 7 heteroatoms. The number of nitriles is 1. The third-order valence-corrected chi connectivity index (χ3v) is 3.01. The van der Waals surface area contributed by atoms with Crippen molar-refractivity contribution in [3.05, 3.63) is 54.0 Å². The zero-order chi connectivity index (χ0) is 15.2. The molecule has 0 fully saturated rings. The van der Waals surface area contributed by atoms with Crippen LogP contribution in [0.5, 0.6) is 0 Å². The summed E-state index contributed by atoms with van der Waals surface area (Å²) in [6, 6.07) is 15.1. The van der Waals surface area contributed by atoms with Crippen LogP contribution in [0.15, 0.2) is 42.5 Å². The van der Waals surface area contributed by atoms with Gasteiger partial charge in [0.2, 0.25) is 0 Å². The summed E-state index contributed by atoms with van der Waals surface area (Å²) in [7, 11) is 0. The number of benzene rings is 1. The third kappa shape index (κ3) is 3.24. The number of hydrogen-bond acceptors (Lipinski definition) is 6. The van der Waals surface area contributed by atoms with E-state index in [4.69, 9.17) is 5.26 Å². The smallest absolute Gasteiger partial charge is 0.181 e. The molecule has 0 aliphatic carbocycles. The highest BCUT2D eigenvalue weighted by Gasteiger charge is 2.05. The molecule has 7 nitrogen and oxygen atoms in total. The second kappa shape index (κ2) is 6.45. The van der Waals surface area contributed by atoms with Crippen molar-refractivity contribution in [2.45, 2.75) is 6.42 Å². The van der Waals surface area contributed by atoms with Gasteiger partial charge in [-0.1, -0.05) is 30.3 Å². The number of aromatic nitrogens is 5. The monoisotopic (exact) mass is 291 g/mol. The van der Waals surface area contributed by atoms with Crippen molar-refractivity contribution in [2.24, 2.45) is 0 Å². The molecular formula is C15H13N7. The molecule has 2 aromatic heterocycles. The Morgan fingerprint density at radius 2 is 1.95 bits per heavy atom.